The number of amides is 1. The predicted octanol–water partition coefficient (Wildman–Crippen LogP) is 3.00. The van der Waals surface area contributed by atoms with Gasteiger partial charge < -0.3 is 14.8 Å². The van der Waals surface area contributed by atoms with Gasteiger partial charge in [0.1, 0.15) is 5.56 Å². The van der Waals surface area contributed by atoms with Crippen LogP contribution >= 0.6 is 11.6 Å². The van der Waals surface area contributed by atoms with Crippen molar-refractivity contribution in [2.75, 3.05) is 31.1 Å². The molecule has 1 fully saturated rings. The Morgan fingerprint density at radius 2 is 1.96 bits per heavy atom. The number of hydrogen-bond acceptors (Lipinski definition) is 3. The van der Waals surface area contributed by atoms with Gasteiger partial charge in [-0.1, -0.05) is 17.7 Å². The number of nitrogens with zero attached hydrogens (tertiary/aromatic N) is 2. The highest BCUT2D eigenvalue weighted by Crippen LogP contribution is 2.27. The Kier molecular flexibility index (Phi) is 5.13. The van der Waals surface area contributed by atoms with E-state index in [1.807, 2.05) is 19.1 Å². The first-order valence-corrected chi connectivity index (χ1v) is 8.84. The van der Waals surface area contributed by atoms with Crippen molar-refractivity contribution in [3.05, 3.63) is 62.5 Å². The van der Waals surface area contributed by atoms with Gasteiger partial charge in [0.2, 0.25) is 0 Å². The molecule has 0 atom stereocenters. The molecule has 5 nitrogen and oxygen atoms in total. The summed E-state index contributed by atoms with van der Waals surface area (Å²) in [6, 6.07) is 7.36. The lowest BCUT2D eigenvalue weighted by Gasteiger charge is -2.25. The van der Waals surface area contributed by atoms with Crippen LogP contribution in [-0.2, 0) is 0 Å². The summed E-state index contributed by atoms with van der Waals surface area (Å²) in [7, 11) is 0. The average molecular weight is 360 g/mol. The molecule has 1 amide bonds. The van der Waals surface area contributed by atoms with Crippen molar-refractivity contribution in [2.45, 2.75) is 20.3 Å². The number of benzene rings is 1. The van der Waals surface area contributed by atoms with Crippen LogP contribution in [0.15, 0.2) is 35.3 Å². The number of halogens is 1. The molecular formula is C19H22ClN3O2. The minimum Gasteiger partial charge on any atom is -0.369 e. The van der Waals surface area contributed by atoms with E-state index < -0.39 is 0 Å². The van der Waals surface area contributed by atoms with Gasteiger partial charge in [0, 0.05) is 54.8 Å². The van der Waals surface area contributed by atoms with Crippen molar-refractivity contribution in [1.82, 2.24) is 9.88 Å². The number of carbonyl (C=O) groups excluding carboxylic acids is 1. The van der Waals surface area contributed by atoms with E-state index in [0.29, 0.717) is 13.1 Å². The molecule has 0 bridgehead atoms. The third-order valence-corrected chi connectivity index (χ3v) is 5.06. The maximum atomic E-state index is 12.7. The smallest absolute Gasteiger partial charge is 0.259 e. The van der Waals surface area contributed by atoms with Gasteiger partial charge in [-0.25, -0.2) is 0 Å². The van der Waals surface area contributed by atoms with Crippen molar-refractivity contribution in [3.8, 4) is 0 Å². The molecule has 1 saturated heterocycles. The Morgan fingerprint density at radius 1 is 1.16 bits per heavy atom. The van der Waals surface area contributed by atoms with Gasteiger partial charge in [0.25, 0.3) is 5.91 Å². The minimum absolute atomic E-state index is 0.203. The summed E-state index contributed by atoms with van der Waals surface area (Å²) in [4.78, 5) is 31.8. The second-order valence-electron chi connectivity index (χ2n) is 6.41. The highest BCUT2D eigenvalue weighted by Gasteiger charge is 2.23. The highest BCUT2D eigenvalue weighted by molar-refractivity contribution is 6.31. The first-order chi connectivity index (χ1) is 12.0. The van der Waals surface area contributed by atoms with Crippen LogP contribution in [0.4, 0.5) is 5.69 Å². The third-order valence-electron chi connectivity index (χ3n) is 4.65. The predicted molar refractivity (Wildman–Crippen MR) is 101 cm³/mol. The summed E-state index contributed by atoms with van der Waals surface area (Å²) < 4.78 is 0. The van der Waals surface area contributed by atoms with Gasteiger partial charge in [-0.05, 0) is 38.0 Å². The summed E-state index contributed by atoms with van der Waals surface area (Å²) in [5, 5.41) is 0.751. The Hall–Kier alpha value is -2.27. The molecule has 0 saturated carbocycles. The zero-order chi connectivity index (χ0) is 18.0. The number of hydrogen-bond donors (Lipinski definition) is 1. The van der Waals surface area contributed by atoms with Crippen LogP contribution in [0.5, 0.6) is 0 Å². The topological polar surface area (TPSA) is 56.4 Å². The van der Waals surface area contributed by atoms with E-state index in [2.05, 4.69) is 16.0 Å². The van der Waals surface area contributed by atoms with Gasteiger partial charge in [-0.2, -0.15) is 0 Å². The van der Waals surface area contributed by atoms with Gasteiger partial charge in [0.15, 0.2) is 5.43 Å². The number of aryl methyl sites for hydroxylation is 1. The summed E-state index contributed by atoms with van der Waals surface area (Å²) in [5.74, 6) is -0.203. The summed E-state index contributed by atoms with van der Waals surface area (Å²) in [6.07, 6.45) is 2.37. The lowest BCUT2D eigenvalue weighted by atomic mass is 10.1. The van der Waals surface area contributed by atoms with Crippen molar-refractivity contribution >= 4 is 23.2 Å². The Bertz CT molecular complexity index is 847. The molecule has 1 aliphatic heterocycles. The summed E-state index contributed by atoms with van der Waals surface area (Å²) in [5.41, 5.74) is 2.89. The molecule has 132 valence electrons. The second-order valence-corrected chi connectivity index (χ2v) is 6.82. The first-order valence-electron chi connectivity index (χ1n) is 8.46. The van der Waals surface area contributed by atoms with Crippen LogP contribution in [0.3, 0.4) is 0 Å². The monoisotopic (exact) mass is 359 g/mol. The maximum Gasteiger partial charge on any atom is 0.259 e. The molecule has 1 aliphatic rings. The molecule has 1 N–H and O–H groups in total. The Labute approximate surface area is 152 Å². The lowest BCUT2D eigenvalue weighted by molar-refractivity contribution is 0.0765. The largest absolute Gasteiger partial charge is 0.369 e. The average Bonchev–Trinajstić information content (AvgIpc) is 2.83. The van der Waals surface area contributed by atoms with Crippen LogP contribution in [0.1, 0.15) is 28.0 Å². The molecule has 0 spiro atoms. The molecule has 0 radical (unpaired) electrons. The van der Waals surface area contributed by atoms with Crippen LogP contribution in [0.2, 0.25) is 5.02 Å². The van der Waals surface area contributed by atoms with Gasteiger partial charge >= 0.3 is 0 Å². The van der Waals surface area contributed by atoms with E-state index in [4.69, 9.17) is 11.6 Å². The zero-order valence-corrected chi connectivity index (χ0v) is 15.3. The number of pyridine rings is 1. The SMILES string of the molecule is Cc1cc(=O)c(C(=O)N2CCCN(c3cccc(Cl)c3C)CC2)c[nH]1. The molecule has 2 aromatic rings. The maximum absolute atomic E-state index is 12.7. The van der Waals surface area contributed by atoms with E-state index in [1.54, 1.807) is 11.8 Å². The van der Waals surface area contributed by atoms with Crippen LogP contribution < -0.4 is 10.3 Å². The lowest BCUT2D eigenvalue weighted by Crippen LogP contribution is -2.37. The fraction of sp³-hybridized carbons (Fsp3) is 0.368. The normalized spacial score (nSPS) is 15.2. The molecule has 1 aromatic carbocycles. The molecule has 6 heteroatoms. The molecular weight excluding hydrogens is 338 g/mol. The molecule has 25 heavy (non-hydrogen) atoms. The van der Waals surface area contributed by atoms with Crippen molar-refractivity contribution < 1.29 is 4.79 Å². The minimum atomic E-state index is -0.229. The highest BCUT2D eigenvalue weighted by atomic mass is 35.5. The fourth-order valence-electron chi connectivity index (χ4n) is 3.21. The van der Waals surface area contributed by atoms with E-state index in [0.717, 1.165) is 41.5 Å². The number of nitrogens with one attached hydrogen (secondary N) is 1. The Balaban J connectivity index is 1.76. The number of aromatic amines is 1. The molecule has 1 aromatic heterocycles. The summed E-state index contributed by atoms with van der Waals surface area (Å²) >= 11 is 6.23. The molecule has 0 unspecified atom stereocenters. The van der Waals surface area contributed by atoms with E-state index in [1.165, 1.54) is 12.3 Å². The summed E-state index contributed by atoms with van der Waals surface area (Å²) in [6.45, 7) is 6.61. The number of carbonyl (C=O) groups is 1. The van der Waals surface area contributed by atoms with Crippen LogP contribution in [0.25, 0.3) is 0 Å². The fourth-order valence-corrected chi connectivity index (χ4v) is 3.38. The number of aromatic nitrogens is 1. The van der Waals surface area contributed by atoms with E-state index in [-0.39, 0.29) is 16.9 Å². The molecule has 0 aliphatic carbocycles. The standard InChI is InChI=1S/C19H22ClN3O2/c1-13-11-18(24)15(12-21-13)19(25)23-8-4-7-22(9-10-23)17-6-3-5-16(20)14(17)2/h3,5-6,11-12H,4,7-10H2,1-2H3,(H,21,24). The molecule has 2 heterocycles. The van der Waals surface area contributed by atoms with E-state index in [9.17, 15) is 9.59 Å². The van der Waals surface area contributed by atoms with Crippen molar-refractivity contribution in [3.63, 3.8) is 0 Å². The van der Waals surface area contributed by atoms with Crippen molar-refractivity contribution in [1.29, 1.82) is 0 Å². The second kappa shape index (κ2) is 7.31. The zero-order valence-electron chi connectivity index (χ0n) is 14.5. The Morgan fingerprint density at radius 3 is 2.72 bits per heavy atom. The van der Waals surface area contributed by atoms with E-state index >= 15 is 0 Å². The first kappa shape index (κ1) is 17.5. The number of H-pyrrole nitrogens is 1. The van der Waals surface area contributed by atoms with Gasteiger partial charge in [-0.15, -0.1) is 0 Å². The third kappa shape index (κ3) is 3.71. The number of rotatable bonds is 2. The van der Waals surface area contributed by atoms with Crippen LogP contribution in [0, 0.1) is 13.8 Å². The number of anilines is 1. The molecule has 3 rings (SSSR count). The quantitative estimate of drug-likeness (QED) is 0.896. The van der Waals surface area contributed by atoms with Crippen molar-refractivity contribution in [2.24, 2.45) is 0 Å². The van der Waals surface area contributed by atoms with Gasteiger partial charge in [0.05, 0.1) is 0 Å². The van der Waals surface area contributed by atoms with Gasteiger partial charge in [-0.3, -0.25) is 9.59 Å². The van der Waals surface area contributed by atoms with Crippen LogP contribution in [-0.4, -0.2) is 42.0 Å².